The molecule has 0 heterocycles. The van der Waals surface area contributed by atoms with Crippen LogP contribution in [0.1, 0.15) is 47.2 Å². The van der Waals surface area contributed by atoms with E-state index in [1.165, 1.54) is 94.2 Å². The van der Waals surface area contributed by atoms with Gasteiger partial charge in [0.05, 0.1) is 16.8 Å². The van der Waals surface area contributed by atoms with Crippen LogP contribution in [-0.4, -0.2) is 0 Å². The van der Waals surface area contributed by atoms with Gasteiger partial charge in [-0.05, 0) is 113 Å². The molecule has 0 unspecified atom stereocenters. The first-order valence-corrected chi connectivity index (χ1v) is 24.2. The molecule has 11 aromatic rings. The number of anilines is 3. The first-order valence-electron chi connectivity index (χ1n) is 24.2. The van der Waals surface area contributed by atoms with Crippen LogP contribution in [0.4, 0.5) is 17.1 Å². The van der Waals surface area contributed by atoms with Crippen molar-refractivity contribution in [1.82, 2.24) is 0 Å². The number of benzene rings is 11. The van der Waals surface area contributed by atoms with Crippen molar-refractivity contribution < 1.29 is 0 Å². The molecule has 13 rings (SSSR count). The first-order chi connectivity index (χ1) is 34.0. The zero-order valence-electron chi connectivity index (χ0n) is 38.8. The molecular formula is C68H49N. The van der Waals surface area contributed by atoms with Crippen molar-refractivity contribution in [3.63, 3.8) is 0 Å². The smallest absolute Gasteiger partial charge is 0.0714 e. The maximum Gasteiger partial charge on any atom is 0.0714 e. The number of nitrogens with zero attached hydrogens (tertiary/aromatic N) is 1. The maximum absolute atomic E-state index is 2.55. The fourth-order valence-corrected chi connectivity index (χ4v) is 12.2. The lowest BCUT2D eigenvalue weighted by atomic mass is 9.67. The van der Waals surface area contributed by atoms with E-state index in [0.29, 0.717) is 0 Å². The Labute approximate surface area is 405 Å². The third kappa shape index (κ3) is 6.17. The average molecular weight is 880 g/mol. The number of hydrogen-bond acceptors (Lipinski definition) is 1. The van der Waals surface area contributed by atoms with Gasteiger partial charge in [-0.1, -0.05) is 250 Å². The highest BCUT2D eigenvalue weighted by Crippen LogP contribution is 2.59. The summed E-state index contributed by atoms with van der Waals surface area (Å²) in [7, 11) is 0. The van der Waals surface area contributed by atoms with Gasteiger partial charge in [-0.2, -0.15) is 0 Å². The lowest BCUT2D eigenvalue weighted by Gasteiger charge is -2.35. The summed E-state index contributed by atoms with van der Waals surface area (Å²) >= 11 is 0. The average Bonchev–Trinajstić information content (AvgIpc) is 3.85. The third-order valence-corrected chi connectivity index (χ3v) is 15.2. The molecule has 11 aromatic carbocycles. The van der Waals surface area contributed by atoms with E-state index in [1.54, 1.807) is 0 Å². The van der Waals surface area contributed by atoms with Crippen molar-refractivity contribution in [2.45, 2.75) is 24.7 Å². The normalized spacial score (nSPS) is 13.6. The largest absolute Gasteiger partial charge is 0.309 e. The van der Waals surface area contributed by atoms with Crippen molar-refractivity contribution in [1.29, 1.82) is 0 Å². The second-order valence-electron chi connectivity index (χ2n) is 19.1. The molecule has 0 spiro atoms. The zero-order valence-corrected chi connectivity index (χ0v) is 38.8. The van der Waals surface area contributed by atoms with Crippen molar-refractivity contribution in [2.24, 2.45) is 0 Å². The van der Waals surface area contributed by atoms with Gasteiger partial charge in [-0.15, -0.1) is 0 Å². The summed E-state index contributed by atoms with van der Waals surface area (Å²) in [5, 5.41) is 2.40. The molecule has 0 radical (unpaired) electrons. The zero-order chi connectivity index (χ0) is 46.1. The number of hydrogen-bond donors (Lipinski definition) is 0. The first kappa shape index (κ1) is 40.7. The highest BCUT2D eigenvalue weighted by Gasteiger charge is 2.46. The lowest BCUT2D eigenvalue weighted by Crippen LogP contribution is -2.28. The van der Waals surface area contributed by atoms with E-state index >= 15 is 0 Å². The van der Waals surface area contributed by atoms with Gasteiger partial charge in [0.2, 0.25) is 0 Å². The molecule has 326 valence electrons. The second-order valence-corrected chi connectivity index (χ2v) is 19.1. The summed E-state index contributed by atoms with van der Waals surface area (Å²) in [5.41, 5.74) is 22.9. The highest BCUT2D eigenvalue weighted by molar-refractivity contribution is 6.10. The molecule has 1 heteroatoms. The van der Waals surface area contributed by atoms with Crippen molar-refractivity contribution in [2.75, 3.05) is 4.90 Å². The molecule has 0 aromatic heterocycles. The molecule has 2 aliphatic rings. The summed E-state index contributed by atoms with van der Waals surface area (Å²) in [5.74, 6) is 0. The number of fused-ring (bicyclic) bond motifs is 7. The molecule has 0 amide bonds. The molecule has 2 aliphatic carbocycles. The van der Waals surface area contributed by atoms with Gasteiger partial charge in [0.15, 0.2) is 0 Å². The van der Waals surface area contributed by atoms with Gasteiger partial charge in [0, 0.05) is 22.1 Å². The fourth-order valence-electron chi connectivity index (χ4n) is 12.2. The van der Waals surface area contributed by atoms with Gasteiger partial charge in [0.1, 0.15) is 0 Å². The molecule has 0 saturated carbocycles. The topological polar surface area (TPSA) is 3.24 Å². The van der Waals surface area contributed by atoms with Gasteiger partial charge < -0.3 is 4.90 Å². The summed E-state index contributed by atoms with van der Waals surface area (Å²) < 4.78 is 0. The Morgan fingerprint density at radius 1 is 0.290 bits per heavy atom. The van der Waals surface area contributed by atoms with E-state index in [9.17, 15) is 0 Å². The van der Waals surface area contributed by atoms with E-state index in [4.69, 9.17) is 0 Å². The predicted molar refractivity (Wildman–Crippen MR) is 290 cm³/mol. The minimum Gasteiger partial charge on any atom is -0.309 e. The molecule has 1 nitrogen and oxygen atoms in total. The third-order valence-electron chi connectivity index (χ3n) is 15.2. The molecule has 0 atom stereocenters. The van der Waals surface area contributed by atoms with Gasteiger partial charge >= 0.3 is 0 Å². The van der Waals surface area contributed by atoms with Crippen LogP contribution in [0.25, 0.3) is 66.4 Å². The Kier molecular flexibility index (Phi) is 9.49. The van der Waals surface area contributed by atoms with Crippen LogP contribution < -0.4 is 4.90 Å². The van der Waals surface area contributed by atoms with Crippen molar-refractivity contribution in [3.8, 4) is 55.6 Å². The van der Waals surface area contributed by atoms with Crippen molar-refractivity contribution in [3.05, 3.63) is 294 Å². The number of rotatable bonds is 8. The van der Waals surface area contributed by atoms with Crippen LogP contribution in [-0.2, 0) is 10.8 Å². The van der Waals surface area contributed by atoms with Crippen molar-refractivity contribution >= 4 is 27.8 Å². The Morgan fingerprint density at radius 3 is 1.51 bits per heavy atom. The molecule has 0 fully saturated rings. The lowest BCUT2D eigenvalue weighted by molar-refractivity contribution is 0.660. The molecule has 0 aliphatic heterocycles. The van der Waals surface area contributed by atoms with Crippen LogP contribution in [0.15, 0.2) is 261 Å². The minimum atomic E-state index is -0.562. The van der Waals surface area contributed by atoms with E-state index in [1.807, 2.05) is 0 Å². The van der Waals surface area contributed by atoms with Gasteiger partial charge in [-0.25, -0.2) is 0 Å². The fraction of sp³-hybridized carbons (Fsp3) is 0.0588. The van der Waals surface area contributed by atoms with Crippen LogP contribution >= 0.6 is 0 Å². The molecule has 0 N–H and O–H groups in total. The molecule has 69 heavy (non-hydrogen) atoms. The predicted octanol–water partition coefficient (Wildman–Crippen LogP) is 18.0. The van der Waals surface area contributed by atoms with Crippen LogP contribution in [0.2, 0.25) is 0 Å². The SMILES string of the molecule is CC1(C)c2ccccc2-c2c(-c3ccc(N(c4ccc5c(c4)C(c4ccccc4)(c4ccccc4)c4ccccc4-5)c4cccc(-c5ccccc5)c4-c4ccccc4)c4ccccc34)cccc21. The van der Waals surface area contributed by atoms with E-state index in [0.717, 1.165) is 22.6 Å². The van der Waals surface area contributed by atoms with Crippen LogP contribution in [0.3, 0.4) is 0 Å². The molecular weight excluding hydrogens is 831 g/mol. The van der Waals surface area contributed by atoms with Gasteiger partial charge in [-0.3, -0.25) is 0 Å². The Bertz CT molecular complexity index is 3700. The van der Waals surface area contributed by atoms with Gasteiger partial charge in [0.25, 0.3) is 0 Å². The summed E-state index contributed by atoms with van der Waals surface area (Å²) in [6.07, 6.45) is 0. The molecule has 0 bridgehead atoms. The van der Waals surface area contributed by atoms with Crippen LogP contribution in [0.5, 0.6) is 0 Å². The van der Waals surface area contributed by atoms with E-state index < -0.39 is 5.41 Å². The van der Waals surface area contributed by atoms with E-state index in [-0.39, 0.29) is 5.41 Å². The summed E-state index contributed by atoms with van der Waals surface area (Å²) in [6, 6.07) is 96.9. The Morgan fingerprint density at radius 2 is 0.797 bits per heavy atom. The highest BCUT2D eigenvalue weighted by atomic mass is 15.1. The Hall–Kier alpha value is -8.52. The minimum absolute atomic E-state index is 0.103. The summed E-state index contributed by atoms with van der Waals surface area (Å²) in [4.78, 5) is 2.55. The van der Waals surface area contributed by atoms with Crippen LogP contribution in [0, 0.1) is 0 Å². The summed E-state index contributed by atoms with van der Waals surface area (Å²) in [6.45, 7) is 4.74. The monoisotopic (exact) mass is 879 g/mol. The standard InChI is InChI=1S/C68H49N/c1-67(2)59-37-19-18-34-58(59)66-57(36-21-39-61(66)67)53-43-44-63(56-33-16-15-31-52(53)56)69(64-40-22-35-51(46-23-7-3-8-24-46)65(64)47-25-9-4-10-26-47)50-41-42-55-54-32-17-20-38-60(54)68(62(55)45-50,48-27-11-5-12-28-48)49-29-13-6-14-30-49/h3-45H,1-2H3. The van der Waals surface area contributed by atoms with E-state index in [2.05, 4.69) is 280 Å². The Balaban J connectivity index is 1.12. The molecule has 0 saturated heterocycles. The maximum atomic E-state index is 2.55. The second kappa shape index (κ2) is 16.1. The quantitative estimate of drug-likeness (QED) is 0.147.